The topological polar surface area (TPSA) is 60.9 Å². The standard InChI is InChI=1S/C11H20N2O3/c1-4-5-13-7-8(2)12(3)11(16)9(13)6-10(14)15/h8-9H,4-7H2,1-3H3,(H,14,15). The predicted molar refractivity (Wildman–Crippen MR) is 60.1 cm³/mol. The number of rotatable bonds is 4. The fraction of sp³-hybridized carbons (Fsp3) is 0.818. The maximum Gasteiger partial charge on any atom is 0.305 e. The number of likely N-dealkylation sites (N-methyl/N-ethyl adjacent to an activating group) is 1. The molecule has 1 heterocycles. The van der Waals surface area contributed by atoms with Crippen molar-refractivity contribution in [3.8, 4) is 0 Å². The fourth-order valence-electron chi connectivity index (χ4n) is 2.11. The summed E-state index contributed by atoms with van der Waals surface area (Å²) >= 11 is 0. The first kappa shape index (κ1) is 13.0. The van der Waals surface area contributed by atoms with Gasteiger partial charge in [0.1, 0.15) is 0 Å². The molecule has 92 valence electrons. The maximum absolute atomic E-state index is 12.0. The normalized spacial score (nSPS) is 27.2. The first-order valence-corrected chi connectivity index (χ1v) is 5.69. The smallest absolute Gasteiger partial charge is 0.305 e. The Morgan fingerprint density at radius 1 is 1.56 bits per heavy atom. The molecule has 5 heteroatoms. The molecule has 5 nitrogen and oxygen atoms in total. The van der Waals surface area contributed by atoms with Gasteiger partial charge in [0.25, 0.3) is 0 Å². The summed E-state index contributed by atoms with van der Waals surface area (Å²) in [4.78, 5) is 26.4. The van der Waals surface area contributed by atoms with Gasteiger partial charge in [0.15, 0.2) is 0 Å². The Labute approximate surface area is 96.0 Å². The Balaban J connectivity index is 2.79. The minimum atomic E-state index is -0.914. The van der Waals surface area contributed by atoms with Gasteiger partial charge < -0.3 is 10.0 Å². The van der Waals surface area contributed by atoms with Crippen LogP contribution in [-0.4, -0.2) is 59.0 Å². The zero-order chi connectivity index (χ0) is 12.3. The van der Waals surface area contributed by atoms with Crippen molar-refractivity contribution in [1.29, 1.82) is 0 Å². The molecule has 0 aromatic rings. The summed E-state index contributed by atoms with van der Waals surface area (Å²) in [6, 6.07) is -0.331. The molecule has 0 bridgehead atoms. The van der Waals surface area contributed by atoms with Gasteiger partial charge >= 0.3 is 5.97 Å². The van der Waals surface area contributed by atoms with Gasteiger partial charge in [-0.25, -0.2) is 0 Å². The van der Waals surface area contributed by atoms with Crippen molar-refractivity contribution in [1.82, 2.24) is 9.80 Å². The number of carboxylic acids is 1. The number of carbonyl (C=O) groups excluding carboxylic acids is 1. The van der Waals surface area contributed by atoms with Gasteiger partial charge in [-0.3, -0.25) is 14.5 Å². The lowest BCUT2D eigenvalue weighted by Gasteiger charge is -2.42. The van der Waals surface area contributed by atoms with Crippen LogP contribution in [-0.2, 0) is 9.59 Å². The molecular weight excluding hydrogens is 208 g/mol. The second kappa shape index (κ2) is 5.30. The highest BCUT2D eigenvalue weighted by molar-refractivity contribution is 5.86. The van der Waals surface area contributed by atoms with Gasteiger partial charge in [0, 0.05) is 19.6 Å². The summed E-state index contributed by atoms with van der Waals surface area (Å²) in [7, 11) is 1.74. The zero-order valence-electron chi connectivity index (χ0n) is 10.1. The van der Waals surface area contributed by atoms with E-state index < -0.39 is 12.0 Å². The van der Waals surface area contributed by atoms with Crippen LogP contribution in [0.5, 0.6) is 0 Å². The first-order valence-electron chi connectivity index (χ1n) is 5.69. The molecule has 1 fully saturated rings. The van der Waals surface area contributed by atoms with E-state index in [-0.39, 0.29) is 18.4 Å². The zero-order valence-corrected chi connectivity index (χ0v) is 10.1. The lowest BCUT2D eigenvalue weighted by molar-refractivity contribution is -0.150. The number of carboxylic acid groups (broad SMARTS) is 1. The Hall–Kier alpha value is -1.10. The van der Waals surface area contributed by atoms with Crippen LogP contribution in [0.4, 0.5) is 0 Å². The number of amides is 1. The molecule has 1 N–H and O–H groups in total. The molecule has 1 rings (SSSR count). The van der Waals surface area contributed by atoms with Crippen LogP contribution < -0.4 is 0 Å². The second-order valence-corrected chi connectivity index (χ2v) is 4.41. The monoisotopic (exact) mass is 228 g/mol. The molecule has 0 spiro atoms. The SMILES string of the molecule is CCCN1CC(C)N(C)C(=O)C1CC(=O)O. The Morgan fingerprint density at radius 3 is 2.69 bits per heavy atom. The summed E-state index contributed by atoms with van der Waals surface area (Å²) < 4.78 is 0. The van der Waals surface area contributed by atoms with Crippen molar-refractivity contribution in [2.45, 2.75) is 38.8 Å². The van der Waals surface area contributed by atoms with Crippen LogP contribution in [0.2, 0.25) is 0 Å². The van der Waals surface area contributed by atoms with Crippen LogP contribution >= 0.6 is 0 Å². The largest absolute Gasteiger partial charge is 0.481 e. The third kappa shape index (κ3) is 2.72. The van der Waals surface area contributed by atoms with Gasteiger partial charge in [0.2, 0.25) is 5.91 Å². The molecule has 1 aliphatic rings. The molecule has 0 aromatic carbocycles. The van der Waals surface area contributed by atoms with Crippen molar-refractivity contribution in [3.05, 3.63) is 0 Å². The van der Waals surface area contributed by atoms with Crippen LogP contribution in [0.3, 0.4) is 0 Å². The highest BCUT2D eigenvalue weighted by atomic mass is 16.4. The van der Waals surface area contributed by atoms with Crippen molar-refractivity contribution in [2.75, 3.05) is 20.1 Å². The number of hydrogen-bond acceptors (Lipinski definition) is 3. The van der Waals surface area contributed by atoms with E-state index >= 15 is 0 Å². The predicted octanol–water partition coefficient (Wildman–Crippen LogP) is 0.402. The minimum absolute atomic E-state index is 0.0744. The molecule has 0 aromatic heterocycles. The molecular formula is C11H20N2O3. The van der Waals surface area contributed by atoms with Crippen LogP contribution in [0.1, 0.15) is 26.7 Å². The Kier molecular flexibility index (Phi) is 4.29. The van der Waals surface area contributed by atoms with E-state index in [2.05, 4.69) is 0 Å². The molecule has 16 heavy (non-hydrogen) atoms. The average Bonchev–Trinajstić information content (AvgIpc) is 2.21. The summed E-state index contributed by atoms with van der Waals surface area (Å²) in [6.45, 7) is 5.55. The van der Waals surface area contributed by atoms with E-state index in [1.165, 1.54) is 0 Å². The Bertz CT molecular complexity index is 280. The number of piperazine rings is 1. The van der Waals surface area contributed by atoms with Gasteiger partial charge in [-0.15, -0.1) is 0 Å². The van der Waals surface area contributed by atoms with E-state index in [1.807, 2.05) is 18.7 Å². The molecule has 2 unspecified atom stereocenters. The summed E-state index contributed by atoms with van der Waals surface area (Å²) in [5.74, 6) is -0.989. The minimum Gasteiger partial charge on any atom is -0.481 e. The molecule has 0 aliphatic carbocycles. The van der Waals surface area contributed by atoms with E-state index in [0.717, 1.165) is 19.5 Å². The summed E-state index contributed by atoms with van der Waals surface area (Å²) in [5, 5.41) is 8.82. The van der Waals surface area contributed by atoms with Crippen LogP contribution in [0.15, 0.2) is 0 Å². The maximum atomic E-state index is 12.0. The molecule has 0 saturated carbocycles. The molecule has 1 aliphatic heterocycles. The number of aliphatic carboxylic acids is 1. The quantitative estimate of drug-likeness (QED) is 0.756. The summed E-state index contributed by atoms with van der Waals surface area (Å²) in [6.07, 6.45) is 0.829. The third-order valence-electron chi connectivity index (χ3n) is 3.11. The van der Waals surface area contributed by atoms with Crippen molar-refractivity contribution >= 4 is 11.9 Å². The lowest BCUT2D eigenvalue weighted by atomic mass is 10.0. The highest BCUT2D eigenvalue weighted by Crippen LogP contribution is 2.18. The summed E-state index contributed by atoms with van der Waals surface area (Å²) in [5.41, 5.74) is 0. The Morgan fingerprint density at radius 2 is 2.19 bits per heavy atom. The molecule has 1 amide bonds. The van der Waals surface area contributed by atoms with E-state index in [4.69, 9.17) is 5.11 Å². The van der Waals surface area contributed by atoms with Crippen LogP contribution in [0, 0.1) is 0 Å². The second-order valence-electron chi connectivity index (χ2n) is 4.41. The van der Waals surface area contributed by atoms with E-state index in [0.29, 0.717) is 0 Å². The lowest BCUT2D eigenvalue weighted by Crippen LogP contribution is -2.60. The van der Waals surface area contributed by atoms with Gasteiger partial charge in [-0.1, -0.05) is 6.92 Å². The van der Waals surface area contributed by atoms with Crippen LogP contribution in [0.25, 0.3) is 0 Å². The molecule has 1 saturated heterocycles. The van der Waals surface area contributed by atoms with Gasteiger partial charge in [-0.2, -0.15) is 0 Å². The fourth-order valence-corrected chi connectivity index (χ4v) is 2.11. The number of carbonyl (C=O) groups is 2. The molecule has 2 atom stereocenters. The third-order valence-corrected chi connectivity index (χ3v) is 3.11. The van der Waals surface area contributed by atoms with Gasteiger partial charge in [-0.05, 0) is 19.9 Å². The molecule has 0 radical (unpaired) electrons. The first-order chi connectivity index (χ1) is 7.47. The van der Waals surface area contributed by atoms with E-state index in [1.54, 1.807) is 11.9 Å². The average molecular weight is 228 g/mol. The number of hydrogen-bond donors (Lipinski definition) is 1. The number of nitrogens with zero attached hydrogens (tertiary/aromatic N) is 2. The van der Waals surface area contributed by atoms with Crippen molar-refractivity contribution in [3.63, 3.8) is 0 Å². The van der Waals surface area contributed by atoms with E-state index in [9.17, 15) is 9.59 Å². The van der Waals surface area contributed by atoms with Gasteiger partial charge in [0.05, 0.1) is 12.5 Å². The van der Waals surface area contributed by atoms with Crippen molar-refractivity contribution < 1.29 is 14.7 Å². The highest BCUT2D eigenvalue weighted by Gasteiger charge is 2.37. The van der Waals surface area contributed by atoms with Crippen molar-refractivity contribution in [2.24, 2.45) is 0 Å².